The summed E-state index contributed by atoms with van der Waals surface area (Å²) in [6, 6.07) is 21.2. The molecule has 3 aromatic rings. The van der Waals surface area contributed by atoms with Crippen molar-refractivity contribution in [3.8, 4) is 0 Å². The summed E-state index contributed by atoms with van der Waals surface area (Å²) in [5.74, 6) is -0.235. The molecule has 8 heteroatoms. The molecular weight excluding hydrogens is 487 g/mol. The maximum atomic E-state index is 13.4. The number of likely N-dealkylation sites (N-methyl/N-ethyl adjacent to an activating group) is 1. The zero-order valence-electron chi connectivity index (χ0n) is 18.4. The zero-order valence-corrected chi connectivity index (χ0v) is 20.7. The van der Waals surface area contributed by atoms with Crippen LogP contribution in [0.4, 0.5) is 5.69 Å². The highest BCUT2D eigenvalue weighted by Crippen LogP contribution is 2.33. The summed E-state index contributed by atoms with van der Waals surface area (Å²) in [5, 5.41) is 7.95. The fourth-order valence-electron chi connectivity index (χ4n) is 4.54. The monoisotopic (exact) mass is 508 g/mol. The van der Waals surface area contributed by atoms with Gasteiger partial charge in [0, 0.05) is 28.2 Å². The number of carbonyl (C=O) groups excluding carboxylic acids is 1. The molecule has 0 aromatic heterocycles. The van der Waals surface area contributed by atoms with Crippen LogP contribution >= 0.6 is 35.4 Å². The number of halogens is 2. The van der Waals surface area contributed by atoms with Crippen LogP contribution < -0.4 is 15.5 Å². The number of nitrogens with one attached hydrogen (secondary N) is 2. The van der Waals surface area contributed by atoms with Crippen LogP contribution in [0.5, 0.6) is 0 Å². The lowest BCUT2D eigenvalue weighted by molar-refractivity contribution is -0.119. The molecule has 2 aliphatic rings. The Balaban J connectivity index is 1.49. The van der Waals surface area contributed by atoms with Gasteiger partial charge in [-0.3, -0.25) is 4.79 Å². The molecule has 0 spiro atoms. The third-order valence-electron chi connectivity index (χ3n) is 6.23. The highest BCUT2D eigenvalue weighted by atomic mass is 35.5. The van der Waals surface area contributed by atoms with Crippen LogP contribution in [0.3, 0.4) is 0 Å². The fourth-order valence-corrected chi connectivity index (χ4v) is 5.19. The van der Waals surface area contributed by atoms with Crippen LogP contribution in [0.1, 0.15) is 34.7 Å². The molecule has 2 N–H and O–H groups in total. The topological polar surface area (TPSA) is 56.7 Å². The molecule has 5 rings (SSSR count). The Kier molecular flexibility index (Phi) is 6.30. The van der Waals surface area contributed by atoms with Crippen molar-refractivity contribution < 1.29 is 4.79 Å². The number of rotatable bonds is 3. The molecule has 1 heterocycles. The van der Waals surface area contributed by atoms with Crippen molar-refractivity contribution in [2.75, 3.05) is 11.9 Å². The number of benzodiazepines with no additional fused rings is 1. The predicted octanol–water partition coefficient (Wildman–Crippen LogP) is 5.28. The summed E-state index contributed by atoms with van der Waals surface area (Å²) in [5.41, 5.74) is 5.27. The van der Waals surface area contributed by atoms with E-state index in [0.717, 1.165) is 18.4 Å². The first-order valence-corrected chi connectivity index (χ1v) is 12.1. The number of nitrogens with zero attached hydrogens (tertiary/aromatic N) is 2. The molecule has 1 amide bonds. The number of amides is 1. The van der Waals surface area contributed by atoms with Crippen LogP contribution in [0.2, 0.25) is 10.0 Å². The van der Waals surface area contributed by atoms with E-state index in [4.69, 9.17) is 40.4 Å². The molecule has 3 aromatic carbocycles. The SMILES string of the molecule is CN1C(=O)C(NC(=S)NC2CCc3ccccc32)N=C(c2ccccc2Cl)c2cc(Cl)ccc21. The van der Waals surface area contributed by atoms with E-state index < -0.39 is 6.17 Å². The molecule has 34 heavy (non-hydrogen) atoms. The second-order valence-corrected chi connectivity index (χ2v) is 9.58. The Hall–Kier alpha value is -2.93. The highest BCUT2D eigenvalue weighted by Gasteiger charge is 2.32. The molecule has 1 aliphatic carbocycles. The minimum absolute atomic E-state index is 0.0952. The maximum Gasteiger partial charge on any atom is 0.272 e. The number of aliphatic imine (C=N–C) groups is 1. The molecule has 0 bridgehead atoms. The Morgan fingerprint density at radius 2 is 1.79 bits per heavy atom. The summed E-state index contributed by atoms with van der Waals surface area (Å²) in [6.07, 6.45) is 1.00. The standard InChI is InChI=1S/C26H22Cl2N4OS/c1-32-22-13-11-16(27)14-19(22)23(18-8-4-5-9-20(18)28)30-24(25(32)33)31-26(34)29-21-12-10-15-6-2-3-7-17(15)21/h2-9,11,13-14,21,24H,10,12H2,1H3,(H2,29,31,34). The van der Waals surface area contributed by atoms with Crippen molar-refractivity contribution in [1.82, 2.24) is 10.6 Å². The Bertz CT molecular complexity index is 1330. The summed E-state index contributed by atoms with van der Waals surface area (Å²) >= 11 is 18.5. The van der Waals surface area contributed by atoms with Crippen LogP contribution in [-0.2, 0) is 11.2 Å². The van der Waals surface area contributed by atoms with E-state index in [9.17, 15) is 4.79 Å². The van der Waals surface area contributed by atoms with E-state index in [-0.39, 0.29) is 11.9 Å². The molecule has 0 saturated heterocycles. The van der Waals surface area contributed by atoms with Gasteiger partial charge in [-0.2, -0.15) is 0 Å². The average molecular weight is 509 g/mol. The third kappa shape index (κ3) is 4.29. The van der Waals surface area contributed by atoms with Crippen LogP contribution in [0.25, 0.3) is 0 Å². The fraction of sp³-hybridized carbons (Fsp3) is 0.192. The van der Waals surface area contributed by atoms with Crippen molar-refractivity contribution in [1.29, 1.82) is 0 Å². The van der Waals surface area contributed by atoms with Crippen LogP contribution in [0.15, 0.2) is 71.7 Å². The second kappa shape index (κ2) is 9.37. The summed E-state index contributed by atoms with van der Waals surface area (Å²) in [4.78, 5) is 19.8. The van der Waals surface area contributed by atoms with E-state index in [2.05, 4.69) is 22.8 Å². The van der Waals surface area contributed by atoms with E-state index in [1.807, 2.05) is 36.4 Å². The normalized spacial score (nSPS) is 19.1. The summed E-state index contributed by atoms with van der Waals surface area (Å²) < 4.78 is 0. The van der Waals surface area contributed by atoms with E-state index in [1.54, 1.807) is 30.1 Å². The van der Waals surface area contributed by atoms with Crippen molar-refractivity contribution in [3.63, 3.8) is 0 Å². The summed E-state index contributed by atoms with van der Waals surface area (Å²) in [7, 11) is 1.72. The number of thiocarbonyl (C=S) groups is 1. The number of hydrogen-bond donors (Lipinski definition) is 2. The minimum Gasteiger partial charge on any atom is -0.356 e. The molecule has 172 valence electrons. The maximum absolute atomic E-state index is 13.4. The van der Waals surface area contributed by atoms with Crippen molar-refractivity contribution in [2.45, 2.75) is 25.0 Å². The van der Waals surface area contributed by atoms with Gasteiger partial charge in [-0.05, 0) is 60.5 Å². The predicted molar refractivity (Wildman–Crippen MR) is 142 cm³/mol. The first-order valence-electron chi connectivity index (χ1n) is 11.0. The molecule has 5 nitrogen and oxygen atoms in total. The highest BCUT2D eigenvalue weighted by molar-refractivity contribution is 7.80. The number of carbonyl (C=O) groups is 1. The first kappa shape index (κ1) is 22.8. The number of fused-ring (bicyclic) bond motifs is 2. The molecule has 0 fully saturated rings. The van der Waals surface area contributed by atoms with Crippen molar-refractivity contribution in [2.24, 2.45) is 4.99 Å². The Morgan fingerprint density at radius 1 is 1.03 bits per heavy atom. The zero-order chi connectivity index (χ0) is 23.8. The lowest BCUT2D eigenvalue weighted by Gasteiger charge is -2.23. The van der Waals surface area contributed by atoms with E-state index in [0.29, 0.717) is 32.1 Å². The molecule has 0 saturated carbocycles. The first-order chi connectivity index (χ1) is 16.4. The molecular formula is C26H22Cl2N4OS. The van der Waals surface area contributed by atoms with Gasteiger partial charge >= 0.3 is 0 Å². The number of anilines is 1. The van der Waals surface area contributed by atoms with Gasteiger partial charge in [-0.1, -0.05) is 65.7 Å². The van der Waals surface area contributed by atoms with Gasteiger partial charge in [-0.15, -0.1) is 0 Å². The van der Waals surface area contributed by atoms with Gasteiger partial charge in [0.15, 0.2) is 5.11 Å². The van der Waals surface area contributed by atoms with Gasteiger partial charge in [0.1, 0.15) is 0 Å². The quantitative estimate of drug-likeness (QED) is 0.472. The van der Waals surface area contributed by atoms with E-state index in [1.165, 1.54) is 11.1 Å². The van der Waals surface area contributed by atoms with Crippen molar-refractivity contribution >= 4 is 57.8 Å². The lowest BCUT2D eigenvalue weighted by atomic mass is 10.00. The Morgan fingerprint density at radius 3 is 2.62 bits per heavy atom. The molecule has 2 unspecified atom stereocenters. The lowest BCUT2D eigenvalue weighted by Crippen LogP contribution is -2.49. The van der Waals surface area contributed by atoms with Crippen LogP contribution in [0, 0.1) is 0 Å². The van der Waals surface area contributed by atoms with Gasteiger partial charge in [-0.25, -0.2) is 4.99 Å². The van der Waals surface area contributed by atoms with Gasteiger partial charge in [0.25, 0.3) is 5.91 Å². The van der Waals surface area contributed by atoms with Gasteiger partial charge < -0.3 is 15.5 Å². The van der Waals surface area contributed by atoms with Gasteiger partial charge in [0.2, 0.25) is 6.17 Å². The average Bonchev–Trinajstić information content (AvgIpc) is 3.20. The Labute approximate surface area is 213 Å². The van der Waals surface area contributed by atoms with E-state index >= 15 is 0 Å². The van der Waals surface area contributed by atoms with Gasteiger partial charge in [0.05, 0.1) is 17.4 Å². The smallest absolute Gasteiger partial charge is 0.272 e. The summed E-state index contributed by atoms with van der Waals surface area (Å²) in [6.45, 7) is 0. The third-order valence-corrected chi connectivity index (χ3v) is 7.03. The second-order valence-electron chi connectivity index (χ2n) is 8.33. The molecule has 1 aliphatic heterocycles. The van der Waals surface area contributed by atoms with Crippen molar-refractivity contribution in [3.05, 3.63) is 99.0 Å². The van der Waals surface area contributed by atoms with Crippen LogP contribution in [-0.4, -0.2) is 29.9 Å². The molecule has 0 radical (unpaired) electrons. The largest absolute Gasteiger partial charge is 0.356 e. The number of hydrogen-bond acceptors (Lipinski definition) is 3. The molecule has 2 atom stereocenters. The number of benzene rings is 3. The minimum atomic E-state index is -0.931. The number of aryl methyl sites for hydroxylation is 1.